The van der Waals surface area contributed by atoms with Gasteiger partial charge in [-0.25, -0.2) is 0 Å². The van der Waals surface area contributed by atoms with Crippen molar-refractivity contribution in [2.45, 2.75) is 50.3 Å². The zero-order valence-electron chi connectivity index (χ0n) is 13.3. The van der Waals surface area contributed by atoms with E-state index in [1.54, 1.807) is 0 Å². The van der Waals surface area contributed by atoms with Gasteiger partial charge in [-0.15, -0.1) is 0 Å². The molecule has 1 aliphatic rings. The van der Waals surface area contributed by atoms with Gasteiger partial charge in [0.2, 0.25) is 0 Å². The lowest BCUT2D eigenvalue weighted by atomic mass is 9.86. The number of benzene rings is 1. The average molecular weight is 309 g/mol. The molecule has 1 heterocycles. The van der Waals surface area contributed by atoms with Crippen molar-refractivity contribution in [3.05, 3.63) is 35.4 Å². The second-order valence-corrected chi connectivity index (χ2v) is 8.60. The summed E-state index contributed by atoms with van der Waals surface area (Å²) in [5, 5.41) is 0.249. The van der Waals surface area contributed by atoms with Crippen molar-refractivity contribution in [2.24, 2.45) is 5.73 Å². The highest BCUT2D eigenvalue weighted by atomic mass is 32.2. The number of ether oxygens (including phenoxy) is 1. The SMILES string of the molecule is CC(C)(C)c1ccc(C(N)CS(=O)C2CCOCC2)cc1. The highest BCUT2D eigenvalue weighted by Crippen LogP contribution is 2.24. The molecule has 0 saturated carbocycles. The standard InChI is InChI=1S/C17H27NO2S/c1-17(2,3)14-6-4-13(5-7-14)16(18)12-21(19)15-8-10-20-11-9-15/h4-7,15-16H,8-12,18H2,1-3H3. The lowest BCUT2D eigenvalue weighted by Crippen LogP contribution is -2.30. The Morgan fingerprint density at radius 2 is 1.81 bits per heavy atom. The quantitative estimate of drug-likeness (QED) is 0.930. The maximum Gasteiger partial charge on any atom is 0.0477 e. The summed E-state index contributed by atoms with van der Waals surface area (Å²) in [5.41, 5.74) is 8.75. The molecule has 0 spiro atoms. The molecule has 0 amide bonds. The van der Waals surface area contributed by atoms with Gasteiger partial charge in [-0.3, -0.25) is 4.21 Å². The van der Waals surface area contributed by atoms with Gasteiger partial charge in [-0.1, -0.05) is 45.0 Å². The zero-order valence-corrected chi connectivity index (χ0v) is 14.1. The molecule has 2 rings (SSSR count). The van der Waals surface area contributed by atoms with E-state index in [4.69, 9.17) is 10.5 Å². The van der Waals surface area contributed by atoms with E-state index in [1.807, 2.05) is 0 Å². The Labute approximate surface area is 130 Å². The Hall–Kier alpha value is -0.710. The third kappa shape index (κ3) is 4.63. The van der Waals surface area contributed by atoms with Crippen LogP contribution in [-0.2, 0) is 21.0 Å². The van der Waals surface area contributed by atoms with Crippen LogP contribution in [0.25, 0.3) is 0 Å². The maximum atomic E-state index is 12.4. The third-order valence-electron chi connectivity index (χ3n) is 4.09. The van der Waals surface area contributed by atoms with Crippen molar-refractivity contribution in [3.63, 3.8) is 0 Å². The van der Waals surface area contributed by atoms with E-state index >= 15 is 0 Å². The smallest absolute Gasteiger partial charge is 0.0477 e. The molecule has 0 radical (unpaired) electrons. The maximum absolute atomic E-state index is 12.4. The van der Waals surface area contributed by atoms with Gasteiger partial charge >= 0.3 is 0 Å². The van der Waals surface area contributed by atoms with Crippen LogP contribution in [0.4, 0.5) is 0 Å². The van der Waals surface area contributed by atoms with Crippen molar-refractivity contribution in [1.29, 1.82) is 0 Å². The highest BCUT2D eigenvalue weighted by Gasteiger charge is 2.22. The first-order chi connectivity index (χ1) is 9.88. The Bertz CT molecular complexity index is 473. The fourth-order valence-electron chi connectivity index (χ4n) is 2.58. The van der Waals surface area contributed by atoms with Gasteiger partial charge in [0.1, 0.15) is 0 Å². The minimum absolute atomic E-state index is 0.146. The first-order valence-corrected chi connectivity index (χ1v) is 9.07. The van der Waals surface area contributed by atoms with Crippen LogP contribution in [0.2, 0.25) is 0 Å². The highest BCUT2D eigenvalue weighted by molar-refractivity contribution is 7.85. The van der Waals surface area contributed by atoms with Crippen molar-refractivity contribution >= 4 is 10.8 Å². The van der Waals surface area contributed by atoms with E-state index in [1.165, 1.54) is 5.56 Å². The normalized spacial score (nSPS) is 20.2. The summed E-state index contributed by atoms with van der Waals surface area (Å²) in [5.74, 6) is 0.541. The summed E-state index contributed by atoms with van der Waals surface area (Å²) < 4.78 is 17.7. The topological polar surface area (TPSA) is 52.3 Å². The molecular formula is C17H27NO2S. The summed E-state index contributed by atoms with van der Waals surface area (Å²) in [6.45, 7) is 8.05. The van der Waals surface area contributed by atoms with Gasteiger partial charge in [0, 0.05) is 41.1 Å². The van der Waals surface area contributed by atoms with E-state index < -0.39 is 10.8 Å². The van der Waals surface area contributed by atoms with E-state index in [0.29, 0.717) is 5.75 Å². The van der Waals surface area contributed by atoms with E-state index in [-0.39, 0.29) is 16.7 Å². The summed E-state index contributed by atoms with van der Waals surface area (Å²) in [6.07, 6.45) is 1.78. The number of hydrogen-bond donors (Lipinski definition) is 1. The molecule has 0 aromatic heterocycles. The molecule has 1 aromatic carbocycles. The first kappa shape index (κ1) is 16.7. The van der Waals surface area contributed by atoms with Crippen molar-refractivity contribution in [3.8, 4) is 0 Å². The monoisotopic (exact) mass is 309 g/mol. The molecule has 1 aromatic rings. The number of rotatable bonds is 4. The van der Waals surface area contributed by atoms with Gasteiger partial charge in [0.25, 0.3) is 0 Å². The molecule has 4 heteroatoms. The molecule has 0 bridgehead atoms. The van der Waals surface area contributed by atoms with E-state index in [9.17, 15) is 4.21 Å². The van der Waals surface area contributed by atoms with Crippen LogP contribution in [0.3, 0.4) is 0 Å². The molecule has 2 unspecified atom stereocenters. The second-order valence-electron chi connectivity index (χ2n) is 6.84. The van der Waals surface area contributed by atoms with Crippen LogP contribution in [0.1, 0.15) is 50.8 Å². The lowest BCUT2D eigenvalue weighted by molar-refractivity contribution is 0.0992. The fraction of sp³-hybridized carbons (Fsp3) is 0.647. The summed E-state index contributed by atoms with van der Waals surface area (Å²) in [7, 11) is -0.864. The molecule has 1 saturated heterocycles. The zero-order chi connectivity index (χ0) is 15.5. The van der Waals surface area contributed by atoms with Crippen LogP contribution in [0, 0.1) is 0 Å². The summed E-state index contributed by atoms with van der Waals surface area (Å²) in [6, 6.07) is 8.26. The molecule has 2 N–H and O–H groups in total. The van der Waals surface area contributed by atoms with Gasteiger partial charge in [-0.2, -0.15) is 0 Å². The average Bonchev–Trinajstić information content (AvgIpc) is 2.47. The van der Waals surface area contributed by atoms with Crippen LogP contribution in [-0.4, -0.2) is 28.4 Å². The minimum Gasteiger partial charge on any atom is -0.381 e. The van der Waals surface area contributed by atoms with E-state index in [2.05, 4.69) is 45.0 Å². The summed E-state index contributed by atoms with van der Waals surface area (Å²) >= 11 is 0. The second kappa shape index (κ2) is 7.03. The van der Waals surface area contributed by atoms with E-state index in [0.717, 1.165) is 31.6 Å². The molecule has 21 heavy (non-hydrogen) atoms. The first-order valence-electron chi connectivity index (χ1n) is 7.69. The number of hydrogen-bond acceptors (Lipinski definition) is 3. The van der Waals surface area contributed by atoms with Gasteiger partial charge in [-0.05, 0) is 29.4 Å². The largest absolute Gasteiger partial charge is 0.381 e. The van der Waals surface area contributed by atoms with Gasteiger partial charge < -0.3 is 10.5 Å². The van der Waals surface area contributed by atoms with Crippen LogP contribution < -0.4 is 5.73 Å². The minimum atomic E-state index is -0.864. The predicted molar refractivity (Wildman–Crippen MR) is 88.9 cm³/mol. The molecular weight excluding hydrogens is 282 g/mol. The fourth-order valence-corrected chi connectivity index (χ4v) is 4.12. The Kier molecular flexibility index (Phi) is 5.58. The Morgan fingerprint density at radius 3 is 2.33 bits per heavy atom. The number of nitrogens with two attached hydrogens (primary N) is 1. The van der Waals surface area contributed by atoms with Crippen LogP contribution in [0.15, 0.2) is 24.3 Å². The van der Waals surface area contributed by atoms with Crippen LogP contribution in [0.5, 0.6) is 0 Å². The predicted octanol–water partition coefficient (Wildman–Crippen LogP) is 2.91. The molecule has 0 aliphatic carbocycles. The van der Waals surface area contributed by atoms with Gasteiger partial charge in [0.15, 0.2) is 0 Å². The molecule has 118 valence electrons. The third-order valence-corrected chi connectivity index (χ3v) is 5.99. The Morgan fingerprint density at radius 1 is 1.24 bits per heavy atom. The van der Waals surface area contributed by atoms with Crippen LogP contribution >= 0.6 is 0 Å². The molecule has 1 fully saturated rings. The summed E-state index contributed by atoms with van der Waals surface area (Å²) in [4.78, 5) is 0. The molecule has 1 aliphatic heterocycles. The lowest BCUT2D eigenvalue weighted by Gasteiger charge is -2.23. The van der Waals surface area contributed by atoms with Crippen molar-refractivity contribution in [2.75, 3.05) is 19.0 Å². The molecule has 2 atom stereocenters. The van der Waals surface area contributed by atoms with Gasteiger partial charge in [0.05, 0.1) is 0 Å². The van der Waals surface area contributed by atoms with Crippen molar-refractivity contribution in [1.82, 2.24) is 0 Å². The Balaban J connectivity index is 1.96. The van der Waals surface area contributed by atoms with Crippen molar-refractivity contribution < 1.29 is 8.95 Å². The molecule has 3 nitrogen and oxygen atoms in total.